The molecule has 0 unspecified atom stereocenters. The monoisotopic (exact) mass is 304 g/mol. The average Bonchev–Trinajstić information content (AvgIpc) is 2.81. The second kappa shape index (κ2) is 5.16. The molecule has 1 aromatic heterocycles. The molecule has 0 atom stereocenters. The molecule has 0 N–H and O–H groups in total. The molecule has 22 heavy (non-hydrogen) atoms. The predicted octanol–water partition coefficient (Wildman–Crippen LogP) is 4.72. The third-order valence-electron chi connectivity index (χ3n) is 3.87. The van der Waals surface area contributed by atoms with Crippen LogP contribution in [-0.4, -0.2) is 9.55 Å². The van der Waals surface area contributed by atoms with E-state index in [0.29, 0.717) is 6.54 Å². The Morgan fingerprint density at radius 1 is 1.00 bits per heavy atom. The van der Waals surface area contributed by atoms with E-state index < -0.39 is 11.7 Å². The number of halogens is 3. The van der Waals surface area contributed by atoms with Crippen molar-refractivity contribution in [3.05, 3.63) is 65.0 Å². The molecule has 2 aromatic carbocycles. The molecule has 3 aromatic rings. The molecule has 0 saturated heterocycles. The van der Waals surface area contributed by atoms with Crippen LogP contribution in [0.2, 0.25) is 0 Å². The summed E-state index contributed by atoms with van der Waals surface area (Å²) in [6, 6.07) is 9.33. The molecule has 0 radical (unpaired) electrons. The Morgan fingerprint density at radius 3 is 2.27 bits per heavy atom. The van der Waals surface area contributed by atoms with Crippen LogP contribution in [0, 0.1) is 13.8 Å². The van der Waals surface area contributed by atoms with Gasteiger partial charge in [-0.15, -0.1) is 0 Å². The van der Waals surface area contributed by atoms with Gasteiger partial charge in [-0.25, -0.2) is 4.98 Å². The van der Waals surface area contributed by atoms with Crippen LogP contribution < -0.4 is 0 Å². The molecule has 2 nitrogen and oxygen atoms in total. The molecule has 1 heterocycles. The highest BCUT2D eigenvalue weighted by Gasteiger charge is 2.29. The van der Waals surface area contributed by atoms with E-state index in [-0.39, 0.29) is 0 Å². The highest BCUT2D eigenvalue weighted by Crippen LogP contribution is 2.29. The molecule has 0 aliphatic carbocycles. The maximum absolute atomic E-state index is 12.6. The Bertz CT molecular complexity index is 814. The number of hydrogen-bond donors (Lipinski definition) is 0. The van der Waals surface area contributed by atoms with Crippen LogP contribution in [0.4, 0.5) is 13.2 Å². The fourth-order valence-corrected chi connectivity index (χ4v) is 2.44. The molecule has 0 aliphatic heterocycles. The zero-order valence-electron chi connectivity index (χ0n) is 12.3. The minimum atomic E-state index is -4.30. The molecular weight excluding hydrogens is 289 g/mol. The van der Waals surface area contributed by atoms with Crippen molar-refractivity contribution in [3.8, 4) is 0 Å². The van der Waals surface area contributed by atoms with E-state index in [1.54, 1.807) is 6.33 Å². The molecule has 0 aliphatic rings. The third kappa shape index (κ3) is 2.71. The molecule has 0 bridgehead atoms. The van der Waals surface area contributed by atoms with Crippen molar-refractivity contribution >= 4 is 11.0 Å². The maximum atomic E-state index is 12.6. The highest BCUT2D eigenvalue weighted by molar-refractivity contribution is 5.77. The van der Waals surface area contributed by atoms with Gasteiger partial charge < -0.3 is 4.57 Å². The molecule has 0 fully saturated rings. The van der Waals surface area contributed by atoms with Crippen LogP contribution in [0.15, 0.2) is 42.7 Å². The van der Waals surface area contributed by atoms with Gasteiger partial charge in [0, 0.05) is 6.54 Å². The van der Waals surface area contributed by atoms with Crippen LogP contribution in [0.25, 0.3) is 11.0 Å². The minimum Gasteiger partial charge on any atom is -0.326 e. The summed E-state index contributed by atoms with van der Waals surface area (Å²) in [5, 5.41) is 0. The third-order valence-corrected chi connectivity index (χ3v) is 3.87. The highest BCUT2D eigenvalue weighted by atomic mass is 19.4. The number of benzene rings is 2. The van der Waals surface area contributed by atoms with Crippen LogP contribution in [0.1, 0.15) is 22.3 Å². The van der Waals surface area contributed by atoms with Gasteiger partial charge in [-0.1, -0.05) is 12.1 Å². The van der Waals surface area contributed by atoms with E-state index in [1.165, 1.54) is 23.3 Å². The van der Waals surface area contributed by atoms with Gasteiger partial charge >= 0.3 is 6.18 Å². The fourth-order valence-electron chi connectivity index (χ4n) is 2.44. The first kappa shape index (κ1) is 14.6. The summed E-state index contributed by atoms with van der Waals surface area (Å²) in [5.41, 5.74) is 4.41. The van der Waals surface area contributed by atoms with Crippen molar-refractivity contribution in [2.75, 3.05) is 0 Å². The summed E-state index contributed by atoms with van der Waals surface area (Å²) in [6.45, 7) is 4.56. The standard InChI is InChI=1S/C17H15F3N2/c1-11-7-15-16(8-12(11)2)22(10-21-15)9-13-3-5-14(6-4-13)17(18,19)20/h3-8,10H,9H2,1-2H3. The van der Waals surface area contributed by atoms with Crippen LogP contribution >= 0.6 is 0 Å². The van der Waals surface area contributed by atoms with Gasteiger partial charge in [-0.2, -0.15) is 13.2 Å². The summed E-state index contributed by atoms with van der Waals surface area (Å²) >= 11 is 0. The van der Waals surface area contributed by atoms with Gasteiger partial charge in [0.15, 0.2) is 0 Å². The number of aromatic nitrogens is 2. The fraction of sp³-hybridized carbons (Fsp3) is 0.235. The first-order valence-electron chi connectivity index (χ1n) is 6.93. The lowest BCUT2D eigenvalue weighted by Crippen LogP contribution is -2.05. The Kier molecular flexibility index (Phi) is 3.43. The van der Waals surface area contributed by atoms with Gasteiger partial charge in [-0.05, 0) is 54.8 Å². The Balaban J connectivity index is 1.92. The number of nitrogens with zero attached hydrogens (tertiary/aromatic N) is 2. The molecular formula is C17H15F3N2. The van der Waals surface area contributed by atoms with E-state index in [4.69, 9.17) is 0 Å². The van der Waals surface area contributed by atoms with Gasteiger partial charge in [0.2, 0.25) is 0 Å². The second-order valence-corrected chi connectivity index (χ2v) is 5.49. The molecule has 3 rings (SSSR count). The Labute approximate surface area is 126 Å². The summed E-state index contributed by atoms with van der Waals surface area (Å²) in [5.74, 6) is 0. The van der Waals surface area contributed by atoms with Crippen molar-refractivity contribution in [2.24, 2.45) is 0 Å². The predicted molar refractivity (Wildman–Crippen MR) is 79.8 cm³/mol. The van der Waals surface area contributed by atoms with Crippen LogP contribution in [-0.2, 0) is 12.7 Å². The molecule has 0 spiro atoms. The van der Waals surface area contributed by atoms with Crippen molar-refractivity contribution in [3.63, 3.8) is 0 Å². The zero-order chi connectivity index (χ0) is 15.9. The lowest BCUT2D eigenvalue weighted by atomic mass is 10.1. The van der Waals surface area contributed by atoms with E-state index in [2.05, 4.69) is 11.1 Å². The quantitative estimate of drug-likeness (QED) is 0.670. The number of fused-ring (bicyclic) bond motifs is 1. The van der Waals surface area contributed by atoms with Crippen molar-refractivity contribution in [2.45, 2.75) is 26.6 Å². The number of imidazole rings is 1. The summed E-state index contributed by atoms with van der Waals surface area (Å²) in [6.07, 6.45) is -2.57. The zero-order valence-corrected chi connectivity index (χ0v) is 12.3. The minimum absolute atomic E-state index is 0.497. The summed E-state index contributed by atoms with van der Waals surface area (Å²) in [7, 11) is 0. The lowest BCUT2D eigenvalue weighted by molar-refractivity contribution is -0.137. The average molecular weight is 304 g/mol. The smallest absolute Gasteiger partial charge is 0.326 e. The van der Waals surface area contributed by atoms with Gasteiger partial charge in [0.25, 0.3) is 0 Å². The van der Waals surface area contributed by atoms with Crippen LogP contribution in [0.3, 0.4) is 0 Å². The van der Waals surface area contributed by atoms with E-state index in [9.17, 15) is 13.2 Å². The lowest BCUT2D eigenvalue weighted by Gasteiger charge is -2.09. The molecule has 5 heteroatoms. The second-order valence-electron chi connectivity index (χ2n) is 5.49. The van der Waals surface area contributed by atoms with Crippen molar-refractivity contribution < 1.29 is 13.2 Å². The first-order valence-corrected chi connectivity index (χ1v) is 6.93. The molecule has 0 saturated carbocycles. The normalized spacial score (nSPS) is 12.0. The summed E-state index contributed by atoms with van der Waals surface area (Å²) < 4.78 is 39.7. The number of hydrogen-bond acceptors (Lipinski definition) is 1. The number of aryl methyl sites for hydroxylation is 2. The van der Waals surface area contributed by atoms with E-state index >= 15 is 0 Å². The summed E-state index contributed by atoms with van der Waals surface area (Å²) in [4.78, 5) is 4.36. The van der Waals surface area contributed by atoms with Crippen molar-refractivity contribution in [1.82, 2.24) is 9.55 Å². The largest absolute Gasteiger partial charge is 0.416 e. The number of alkyl halides is 3. The number of rotatable bonds is 2. The first-order chi connectivity index (χ1) is 10.3. The van der Waals surface area contributed by atoms with Gasteiger partial charge in [0.05, 0.1) is 22.9 Å². The SMILES string of the molecule is Cc1cc2ncn(Cc3ccc(C(F)(F)F)cc3)c2cc1C. The Morgan fingerprint density at radius 2 is 1.64 bits per heavy atom. The van der Waals surface area contributed by atoms with E-state index in [0.717, 1.165) is 28.7 Å². The van der Waals surface area contributed by atoms with Gasteiger partial charge in [0.1, 0.15) is 0 Å². The van der Waals surface area contributed by atoms with Gasteiger partial charge in [-0.3, -0.25) is 0 Å². The molecule has 114 valence electrons. The van der Waals surface area contributed by atoms with Crippen LogP contribution in [0.5, 0.6) is 0 Å². The Hall–Kier alpha value is -2.30. The maximum Gasteiger partial charge on any atom is 0.416 e. The van der Waals surface area contributed by atoms with Crippen molar-refractivity contribution in [1.29, 1.82) is 0 Å². The molecule has 0 amide bonds. The topological polar surface area (TPSA) is 17.8 Å². The van der Waals surface area contributed by atoms with E-state index in [1.807, 2.05) is 24.5 Å².